The zero-order valence-electron chi connectivity index (χ0n) is 8.25. The normalized spacial score (nSPS) is 33.8. The van der Waals surface area contributed by atoms with Gasteiger partial charge in [0.25, 0.3) is 0 Å². The highest BCUT2D eigenvalue weighted by atomic mass is 16.1. The Hall–Kier alpha value is -0.630. The largest absolute Gasteiger partial charge is 0.300 e. The van der Waals surface area contributed by atoms with E-state index >= 15 is 0 Å². The van der Waals surface area contributed by atoms with Gasteiger partial charge >= 0.3 is 0 Å². The molecule has 0 N–H and O–H groups in total. The number of nitrogens with zero attached hydrogens (tertiary/aromatic N) is 1. The quantitative estimate of drug-likeness (QED) is 0.602. The molecule has 2 saturated heterocycles. The van der Waals surface area contributed by atoms with Crippen LogP contribution in [-0.2, 0) is 4.79 Å². The molecule has 2 rings (SSSR count). The Morgan fingerprint density at radius 3 is 2.46 bits per heavy atom. The van der Waals surface area contributed by atoms with Crippen LogP contribution in [0.1, 0.15) is 32.6 Å². The van der Waals surface area contributed by atoms with Crippen molar-refractivity contribution < 1.29 is 4.79 Å². The molecule has 0 amide bonds. The van der Waals surface area contributed by atoms with E-state index in [0.717, 1.165) is 19.4 Å². The van der Waals surface area contributed by atoms with Crippen molar-refractivity contribution in [3.05, 3.63) is 12.2 Å². The molecule has 0 radical (unpaired) electrons. The van der Waals surface area contributed by atoms with Gasteiger partial charge in [0.15, 0.2) is 0 Å². The van der Waals surface area contributed by atoms with Gasteiger partial charge in [-0.15, -0.1) is 0 Å². The molecule has 0 aliphatic carbocycles. The van der Waals surface area contributed by atoms with Gasteiger partial charge in [0.05, 0.1) is 0 Å². The van der Waals surface area contributed by atoms with Crippen LogP contribution in [0, 0.1) is 0 Å². The molecule has 0 aromatic rings. The lowest BCUT2D eigenvalue weighted by molar-refractivity contribution is -0.123. The van der Waals surface area contributed by atoms with Crippen molar-refractivity contribution in [2.24, 2.45) is 0 Å². The van der Waals surface area contributed by atoms with E-state index in [1.807, 2.05) is 0 Å². The van der Waals surface area contributed by atoms with Crippen molar-refractivity contribution in [3.8, 4) is 0 Å². The first-order valence-electron chi connectivity index (χ1n) is 5.08. The van der Waals surface area contributed by atoms with E-state index in [1.165, 1.54) is 18.4 Å². The zero-order chi connectivity index (χ0) is 9.42. The molecule has 0 unspecified atom stereocenters. The first-order chi connectivity index (χ1) is 6.16. The average Bonchev–Trinajstić information content (AvgIpc) is 2.32. The second kappa shape index (κ2) is 3.26. The monoisotopic (exact) mass is 179 g/mol. The predicted octanol–water partition coefficient (Wildman–Crippen LogP) is 1.76. The predicted molar refractivity (Wildman–Crippen MR) is 52.6 cm³/mol. The van der Waals surface area contributed by atoms with Crippen LogP contribution < -0.4 is 0 Å². The van der Waals surface area contributed by atoms with Crippen LogP contribution in [0.25, 0.3) is 0 Å². The number of hydrogen-bond donors (Lipinski definition) is 0. The number of Topliss-reactive ketones (excluding diaryl/α,β-unsaturated/α-hetero) is 1. The van der Waals surface area contributed by atoms with E-state index in [2.05, 4.69) is 18.4 Å². The summed E-state index contributed by atoms with van der Waals surface area (Å²) in [5.41, 5.74) is 1.21. The molecule has 2 bridgehead atoms. The summed E-state index contributed by atoms with van der Waals surface area (Å²) in [7, 11) is 0. The summed E-state index contributed by atoms with van der Waals surface area (Å²) in [4.78, 5) is 13.8. The molecule has 2 heterocycles. The molecule has 2 fully saturated rings. The molecule has 0 saturated carbocycles. The van der Waals surface area contributed by atoms with Gasteiger partial charge in [-0.25, -0.2) is 0 Å². The number of ketones is 1. The molecule has 0 aromatic carbocycles. The van der Waals surface area contributed by atoms with Crippen LogP contribution in [0.2, 0.25) is 0 Å². The van der Waals surface area contributed by atoms with Crippen LogP contribution >= 0.6 is 0 Å². The van der Waals surface area contributed by atoms with Crippen LogP contribution in [-0.4, -0.2) is 29.3 Å². The number of hydrogen-bond acceptors (Lipinski definition) is 2. The SMILES string of the molecule is C=C(C)CN1[C@@H]2CC[C@H]1CC(=O)C2. The van der Waals surface area contributed by atoms with Crippen molar-refractivity contribution in [2.75, 3.05) is 6.54 Å². The fraction of sp³-hybridized carbons (Fsp3) is 0.727. The van der Waals surface area contributed by atoms with Gasteiger partial charge in [0.1, 0.15) is 5.78 Å². The standard InChI is InChI=1S/C11H17NO/c1-8(2)7-12-9-3-4-10(12)6-11(13)5-9/h9-10H,1,3-7H2,2H3/t9-,10+. The van der Waals surface area contributed by atoms with E-state index in [-0.39, 0.29) is 0 Å². The minimum atomic E-state index is 0.463. The number of fused-ring (bicyclic) bond motifs is 2. The average molecular weight is 179 g/mol. The maximum Gasteiger partial charge on any atom is 0.136 e. The van der Waals surface area contributed by atoms with Crippen LogP contribution in [0.5, 0.6) is 0 Å². The molecule has 2 heteroatoms. The topological polar surface area (TPSA) is 20.3 Å². The molecule has 13 heavy (non-hydrogen) atoms. The van der Waals surface area contributed by atoms with E-state index in [1.54, 1.807) is 0 Å². The highest BCUT2D eigenvalue weighted by Gasteiger charge is 2.39. The summed E-state index contributed by atoms with van der Waals surface area (Å²) in [6.07, 6.45) is 3.99. The molecule has 2 atom stereocenters. The van der Waals surface area contributed by atoms with Crippen molar-refractivity contribution in [2.45, 2.75) is 44.7 Å². The maximum atomic E-state index is 11.3. The molecule has 2 aliphatic rings. The lowest BCUT2D eigenvalue weighted by Gasteiger charge is -2.33. The van der Waals surface area contributed by atoms with E-state index in [0.29, 0.717) is 17.9 Å². The fourth-order valence-electron chi connectivity index (χ4n) is 2.63. The van der Waals surface area contributed by atoms with Crippen LogP contribution in [0.4, 0.5) is 0 Å². The molecule has 0 spiro atoms. The second-order valence-electron chi connectivity index (χ2n) is 4.46. The first kappa shape index (κ1) is 8.95. The molecule has 0 aromatic heterocycles. The van der Waals surface area contributed by atoms with E-state index < -0.39 is 0 Å². The minimum Gasteiger partial charge on any atom is -0.300 e. The third-order valence-electron chi connectivity index (χ3n) is 3.15. The van der Waals surface area contributed by atoms with Crippen LogP contribution in [0.15, 0.2) is 12.2 Å². The van der Waals surface area contributed by atoms with Gasteiger partial charge in [0, 0.05) is 31.5 Å². The Morgan fingerprint density at radius 2 is 2.00 bits per heavy atom. The Balaban J connectivity index is 2.06. The van der Waals surface area contributed by atoms with Gasteiger partial charge in [0.2, 0.25) is 0 Å². The third kappa shape index (κ3) is 1.68. The molecule has 2 nitrogen and oxygen atoms in total. The van der Waals surface area contributed by atoms with Gasteiger partial charge in [-0.3, -0.25) is 9.69 Å². The lowest BCUT2D eigenvalue weighted by atomic mass is 10.0. The van der Waals surface area contributed by atoms with Gasteiger partial charge in [-0.1, -0.05) is 12.2 Å². The number of piperidine rings is 1. The summed E-state index contributed by atoms with van der Waals surface area (Å²) in [5.74, 6) is 0.463. The van der Waals surface area contributed by atoms with Crippen LogP contribution in [0.3, 0.4) is 0 Å². The molecule has 72 valence electrons. The lowest BCUT2D eigenvalue weighted by Crippen LogP contribution is -2.43. The Kier molecular flexibility index (Phi) is 2.24. The summed E-state index contributed by atoms with van der Waals surface area (Å²) in [6, 6.07) is 1.06. The minimum absolute atomic E-state index is 0.463. The Labute approximate surface area is 79.6 Å². The second-order valence-corrected chi connectivity index (χ2v) is 4.46. The van der Waals surface area contributed by atoms with Gasteiger partial charge in [-0.2, -0.15) is 0 Å². The van der Waals surface area contributed by atoms with Crippen molar-refractivity contribution >= 4 is 5.78 Å². The highest BCUT2D eigenvalue weighted by Crippen LogP contribution is 2.33. The van der Waals surface area contributed by atoms with Gasteiger partial charge in [-0.05, 0) is 19.8 Å². The Bertz CT molecular complexity index is 230. The molecule has 2 aliphatic heterocycles. The van der Waals surface area contributed by atoms with E-state index in [4.69, 9.17) is 0 Å². The molecular weight excluding hydrogens is 162 g/mol. The summed E-state index contributed by atoms with van der Waals surface area (Å²) in [5, 5.41) is 0. The van der Waals surface area contributed by atoms with E-state index in [9.17, 15) is 4.79 Å². The number of carbonyl (C=O) groups is 1. The Morgan fingerprint density at radius 1 is 1.46 bits per heavy atom. The number of carbonyl (C=O) groups excluding carboxylic acids is 1. The fourth-order valence-corrected chi connectivity index (χ4v) is 2.63. The van der Waals surface area contributed by atoms with Crippen molar-refractivity contribution in [1.29, 1.82) is 0 Å². The summed E-state index contributed by atoms with van der Waals surface area (Å²) >= 11 is 0. The summed E-state index contributed by atoms with van der Waals surface area (Å²) < 4.78 is 0. The molecular formula is C11H17NO. The summed E-state index contributed by atoms with van der Waals surface area (Å²) in [6.45, 7) is 6.99. The third-order valence-corrected chi connectivity index (χ3v) is 3.15. The first-order valence-corrected chi connectivity index (χ1v) is 5.08. The number of rotatable bonds is 2. The van der Waals surface area contributed by atoms with Crippen molar-refractivity contribution in [1.82, 2.24) is 4.90 Å². The van der Waals surface area contributed by atoms with Crippen molar-refractivity contribution in [3.63, 3.8) is 0 Å². The maximum absolute atomic E-state index is 11.3. The van der Waals surface area contributed by atoms with Gasteiger partial charge < -0.3 is 0 Å². The smallest absolute Gasteiger partial charge is 0.136 e. The highest BCUT2D eigenvalue weighted by molar-refractivity contribution is 5.80. The zero-order valence-corrected chi connectivity index (χ0v) is 8.25.